The van der Waals surface area contributed by atoms with Gasteiger partial charge in [-0.1, -0.05) is 42.0 Å². The van der Waals surface area contributed by atoms with Crippen LogP contribution in [0.5, 0.6) is 0 Å². The maximum absolute atomic E-state index is 13.7. The maximum atomic E-state index is 13.7. The number of halogens is 1. The standard InChI is InChI=1S/C18H20FN/c1-12-6-8-14(9-7-12)13(2)20-18-11-10-15-16(18)4-3-5-17(15)19/h3-9,13,18,20H,10-11H2,1-2H3. The van der Waals surface area contributed by atoms with Crippen molar-refractivity contribution in [3.63, 3.8) is 0 Å². The van der Waals surface area contributed by atoms with Gasteiger partial charge in [0.15, 0.2) is 0 Å². The van der Waals surface area contributed by atoms with Crippen molar-refractivity contribution in [3.05, 3.63) is 70.5 Å². The number of hydrogen-bond acceptors (Lipinski definition) is 1. The highest BCUT2D eigenvalue weighted by atomic mass is 19.1. The molecule has 0 radical (unpaired) electrons. The molecule has 3 rings (SSSR count). The van der Waals surface area contributed by atoms with Gasteiger partial charge < -0.3 is 5.32 Å². The SMILES string of the molecule is Cc1ccc(C(C)NC2CCc3c(F)cccc32)cc1. The molecule has 2 aromatic carbocycles. The van der Waals surface area contributed by atoms with Crippen LogP contribution in [0.4, 0.5) is 4.39 Å². The predicted octanol–water partition coefficient (Wildman–Crippen LogP) is 4.47. The number of fused-ring (bicyclic) bond motifs is 1. The molecule has 20 heavy (non-hydrogen) atoms. The lowest BCUT2D eigenvalue weighted by molar-refractivity contribution is 0.465. The molecular formula is C18H20FN. The second-order valence-corrected chi connectivity index (χ2v) is 5.70. The van der Waals surface area contributed by atoms with Gasteiger partial charge in [-0.05, 0) is 49.4 Å². The third-order valence-corrected chi connectivity index (χ3v) is 4.24. The third kappa shape index (κ3) is 2.48. The first-order chi connectivity index (χ1) is 9.65. The van der Waals surface area contributed by atoms with E-state index in [2.05, 4.69) is 43.4 Å². The Morgan fingerprint density at radius 1 is 1.15 bits per heavy atom. The first kappa shape index (κ1) is 13.3. The van der Waals surface area contributed by atoms with Crippen LogP contribution in [-0.2, 0) is 6.42 Å². The Hall–Kier alpha value is -1.67. The molecule has 2 atom stereocenters. The van der Waals surface area contributed by atoms with Crippen LogP contribution in [0.3, 0.4) is 0 Å². The molecule has 0 saturated heterocycles. The molecule has 0 bridgehead atoms. The molecular weight excluding hydrogens is 249 g/mol. The Morgan fingerprint density at radius 3 is 2.65 bits per heavy atom. The van der Waals surface area contributed by atoms with Gasteiger partial charge in [0.1, 0.15) is 5.82 Å². The van der Waals surface area contributed by atoms with E-state index >= 15 is 0 Å². The van der Waals surface area contributed by atoms with E-state index in [9.17, 15) is 4.39 Å². The molecule has 0 heterocycles. The van der Waals surface area contributed by atoms with Gasteiger partial charge in [-0.25, -0.2) is 4.39 Å². The molecule has 0 aromatic heterocycles. The van der Waals surface area contributed by atoms with E-state index in [1.54, 1.807) is 6.07 Å². The number of nitrogens with one attached hydrogen (secondary N) is 1. The topological polar surface area (TPSA) is 12.0 Å². The van der Waals surface area contributed by atoms with Crippen LogP contribution in [0.15, 0.2) is 42.5 Å². The molecule has 2 aromatic rings. The van der Waals surface area contributed by atoms with E-state index in [1.165, 1.54) is 11.1 Å². The molecule has 0 aliphatic heterocycles. The second-order valence-electron chi connectivity index (χ2n) is 5.70. The largest absolute Gasteiger partial charge is 0.303 e. The number of rotatable bonds is 3. The van der Waals surface area contributed by atoms with E-state index in [0.29, 0.717) is 0 Å². The van der Waals surface area contributed by atoms with Crippen LogP contribution < -0.4 is 5.32 Å². The number of hydrogen-bond donors (Lipinski definition) is 1. The quantitative estimate of drug-likeness (QED) is 0.866. The van der Waals surface area contributed by atoms with Crippen LogP contribution in [-0.4, -0.2) is 0 Å². The van der Waals surface area contributed by atoms with Gasteiger partial charge in [0.2, 0.25) is 0 Å². The molecule has 2 unspecified atom stereocenters. The van der Waals surface area contributed by atoms with Crippen molar-refractivity contribution >= 4 is 0 Å². The lowest BCUT2D eigenvalue weighted by Crippen LogP contribution is -2.23. The molecule has 1 aliphatic rings. The van der Waals surface area contributed by atoms with Crippen molar-refractivity contribution in [2.24, 2.45) is 0 Å². The second kappa shape index (κ2) is 5.37. The minimum absolute atomic E-state index is 0.0604. The summed E-state index contributed by atoms with van der Waals surface area (Å²) in [4.78, 5) is 0. The summed E-state index contributed by atoms with van der Waals surface area (Å²) in [5.41, 5.74) is 4.57. The fourth-order valence-corrected chi connectivity index (χ4v) is 3.04. The molecule has 104 valence electrons. The third-order valence-electron chi connectivity index (χ3n) is 4.24. The summed E-state index contributed by atoms with van der Waals surface area (Å²) in [6.45, 7) is 4.26. The predicted molar refractivity (Wildman–Crippen MR) is 80.2 cm³/mol. The first-order valence-corrected chi connectivity index (χ1v) is 7.25. The van der Waals surface area contributed by atoms with Crippen LogP contribution in [0.2, 0.25) is 0 Å². The van der Waals surface area contributed by atoms with Gasteiger partial charge in [-0.2, -0.15) is 0 Å². The monoisotopic (exact) mass is 269 g/mol. The van der Waals surface area contributed by atoms with Gasteiger partial charge in [0, 0.05) is 12.1 Å². The summed E-state index contributed by atoms with van der Waals surface area (Å²) in [6.07, 6.45) is 1.81. The van der Waals surface area contributed by atoms with E-state index in [1.807, 2.05) is 12.1 Å². The van der Waals surface area contributed by atoms with Gasteiger partial charge >= 0.3 is 0 Å². The van der Waals surface area contributed by atoms with Crippen molar-refractivity contribution in [1.82, 2.24) is 5.32 Å². The average molecular weight is 269 g/mol. The normalized spacial score (nSPS) is 18.9. The number of benzene rings is 2. The Balaban J connectivity index is 1.77. The zero-order chi connectivity index (χ0) is 14.1. The first-order valence-electron chi connectivity index (χ1n) is 7.25. The smallest absolute Gasteiger partial charge is 0.126 e. The highest BCUT2D eigenvalue weighted by Gasteiger charge is 2.25. The molecule has 0 saturated carbocycles. The van der Waals surface area contributed by atoms with Gasteiger partial charge in [0.05, 0.1) is 0 Å². The van der Waals surface area contributed by atoms with Crippen LogP contribution in [0.25, 0.3) is 0 Å². The van der Waals surface area contributed by atoms with Crippen LogP contribution >= 0.6 is 0 Å². The van der Waals surface area contributed by atoms with Gasteiger partial charge in [-0.15, -0.1) is 0 Å². The van der Waals surface area contributed by atoms with Gasteiger partial charge in [0.25, 0.3) is 0 Å². The zero-order valence-corrected chi connectivity index (χ0v) is 12.0. The fraction of sp³-hybridized carbons (Fsp3) is 0.333. The van der Waals surface area contributed by atoms with E-state index in [4.69, 9.17) is 0 Å². The molecule has 0 fully saturated rings. The highest BCUT2D eigenvalue weighted by molar-refractivity contribution is 5.36. The van der Waals surface area contributed by atoms with E-state index in [0.717, 1.165) is 24.0 Å². The molecule has 2 heteroatoms. The van der Waals surface area contributed by atoms with Crippen molar-refractivity contribution in [2.75, 3.05) is 0 Å². The van der Waals surface area contributed by atoms with Crippen molar-refractivity contribution in [1.29, 1.82) is 0 Å². The number of aryl methyl sites for hydroxylation is 1. The molecule has 1 N–H and O–H groups in total. The Labute approximate surface area is 119 Å². The Kier molecular flexibility index (Phi) is 3.58. The summed E-state index contributed by atoms with van der Waals surface area (Å²) in [7, 11) is 0. The Morgan fingerprint density at radius 2 is 1.90 bits per heavy atom. The highest BCUT2D eigenvalue weighted by Crippen LogP contribution is 2.34. The average Bonchev–Trinajstić information content (AvgIpc) is 2.84. The van der Waals surface area contributed by atoms with Crippen molar-refractivity contribution in [2.45, 2.75) is 38.8 Å². The lowest BCUT2D eigenvalue weighted by atomic mass is 10.0. The molecule has 1 nitrogen and oxygen atoms in total. The van der Waals surface area contributed by atoms with E-state index in [-0.39, 0.29) is 17.9 Å². The molecule has 1 aliphatic carbocycles. The summed E-state index contributed by atoms with van der Waals surface area (Å²) >= 11 is 0. The summed E-state index contributed by atoms with van der Waals surface area (Å²) in [5, 5.41) is 3.63. The summed E-state index contributed by atoms with van der Waals surface area (Å²) in [6, 6.07) is 14.5. The van der Waals surface area contributed by atoms with Crippen molar-refractivity contribution in [3.8, 4) is 0 Å². The summed E-state index contributed by atoms with van der Waals surface area (Å²) < 4.78 is 13.7. The Bertz CT molecular complexity index is 603. The van der Waals surface area contributed by atoms with Crippen LogP contribution in [0, 0.1) is 12.7 Å². The molecule has 0 amide bonds. The fourth-order valence-electron chi connectivity index (χ4n) is 3.04. The molecule has 0 spiro atoms. The van der Waals surface area contributed by atoms with Crippen LogP contribution in [0.1, 0.15) is 47.7 Å². The summed E-state index contributed by atoms with van der Waals surface area (Å²) in [5.74, 6) is -0.0604. The minimum atomic E-state index is -0.0604. The lowest BCUT2D eigenvalue weighted by Gasteiger charge is -2.21. The van der Waals surface area contributed by atoms with E-state index < -0.39 is 0 Å². The zero-order valence-electron chi connectivity index (χ0n) is 12.0. The van der Waals surface area contributed by atoms with Gasteiger partial charge in [-0.3, -0.25) is 0 Å². The minimum Gasteiger partial charge on any atom is -0.303 e. The van der Waals surface area contributed by atoms with Crippen molar-refractivity contribution < 1.29 is 4.39 Å². The maximum Gasteiger partial charge on any atom is 0.126 e.